The van der Waals surface area contributed by atoms with Crippen molar-refractivity contribution >= 4 is 5.91 Å². The van der Waals surface area contributed by atoms with E-state index in [-0.39, 0.29) is 11.9 Å². The van der Waals surface area contributed by atoms with Gasteiger partial charge in [0.1, 0.15) is 0 Å². The van der Waals surface area contributed by atoms with E-state index in [0.29, 0.717) is 18.8 Å². The molecule has 2 aliphatic carbocycles. The van der Waals surface area contributed by atoms with Crippen molar-refractivity contribution in [2.24, 2.45) is 0 Å². The summed E-state index contributed by atoms with van der Waals surface area (Å²) in [6.07, 6.45) is 7.77. The third kappa shape index (κ3) is 4.64. The van der Waals surface area contributed by atoms with Crippen LogP contribution < -0.4 is 10.6 Å². The molecule has 1 unspecified atom stereocenters. The first-order chi connectivity index (χ1) is 8.25. The monoisotopic (exact) mass is 240 g/mol. The van der Waals surface area contributed by atoms with Crippen molar-refractivity contribution < 1.29 is 9.53 Å². The topological polar surface area (TPSA) is 50.4 Å². The minimum absolute atomic E-state index is 0.109. The highest BCUT2D eigenvalue weighted by Crippen LogP contribution is 2.20. The molecule has 2 saturated carbocycles. The van der Waals surface area contributed by atoms with Crippen LogP contribution >= 0.6 is 0 Å². The first-order valence-electron chi connectivity index (χ1n) is 6.91. The minimum Gasteiger partial charge on any atom is -0.377 e. The molecular weight excluding hydrogens is 216 g/mol. The van der Waals surface area contributed by atoms with E-state index in [1.807, 2.05) is 6.92 Å². The van der Waals surface area contributed by atoms with Crippen molar-refractivity contribution in [2.75, 3.05) is 13.2 Å². The van der Waals surface area contributed by atoms with E-state index < -0.39 is 0 Å². The second-order valence-corrected chi connectivity index (χ2v) is 5.24. The first kappa shape index (κ1) is 12.8. The lowest BCUT2D eigenvalue weighted by Crippen LogP contribution is -2.44. The second-order valence-electron chi connectivity index (χ2n) is 5.24. The molecule has 2 rings (SSSR count). The van der Waals surface area contributed by atoms with Crippen LogP contribution in [0.15, 0.2) is 0 Å². The summed E-state index contributed by atoms with van der Waals surface area (Å²) in [6, 6.07) is 0.337. The molecule has 4 heteroatoms. The maximum Gasteiger partial charge on any atom is 0.237 e. The van der Waals surface area contributed by atoms with Crippen LogP contribution in [-0.4, -0.2) is 37.2 Å². The summed E-state index contributed by atoms with van der Waals surface area (Å²) in [7, 11) is 0. The molecule has 0 radical (unpaired) electrons. The number of carbonyl (C=O) groups is 1. The van der Waals surface area contributed by atoms with Crippen LogP contribution in [-0.2, 0) is 9.53 Å². The van der Waals surface area contributed by atoms with Gasteiger partial charge in [0.25, 0.3) is 0 Å². The van der Waals surface area contributed by atoms with Gasteiger partial charge >= 0.3 is 0 Å². The molecule has 0 bridgehead atoms. The zero-order valence-electron chi connectivity index (χ0n) is 10.7. The Bertz CT molecular complexity index is 248. The number of nitrogens with one attached hydrogen (secondary N) is 2. The Balaban J connectivity index is 1.49. The van der Waals surface area contributed by atoms with Crippen molar-refractivity contribution in [3.63, 3.8) is 0 Å². The van der Waals surface area contributed by atoms with Gasteiger partial charge in [-0.05, 0) is 32.6 Å². The largest absolute Gasteiger partial charge is 0.377 e. The van der Waals surface area contributed by atoms with Crippen LogP contribution in [0.25, 0.3) is 0 Å². The third-order valence-electron chi connectivity index (χ3n) is 3.53. The van der Waals surface area contributed by atoms with E-state index in [0.717, 1.165) is 19.4 Å². The van der Waals surface area contributed by atoms with E-state index in [9.17, 15) is 4.79 Å². The Hall–Kier alpha value is -0.610. The lowest BCUT2D eigenvalue weighted by atomic mass is 10.3. The molecule has 0 aromatic rings. The highest BCUT2D eigenvalue weighted by Gasteiger charge is 2.25. The molecule has 1 atom stereocenters. The Labute approximate surface area is 103 Å². The van der Waals surface area contributed by atoms with E-state index in [1.165, 1.54) is 25.7 Å². The van der Waals surface area contributed by atoms with E-state index in [1.54, 1.807) is 0 Å². The average molecular weight is 240 g/mol. The quantitative estimate of drug-likeness (QED) is 0.658. The van der Waals surface area contributed by atoms with E-state index in [4.69, 9.17) is 4.74 Å². The molecule has 0 saturated heterocycles. The number of hydrogen-bond donors (Lipinski definition) is 2. The lowest BCUT2D eigenvalue weighted by Gasteiger charge is -2.15. The molecule has 0 aromatic heterocycles. The summed E-state index contributed by atoms with van der Waals surface area (Å²) in [5.74, 6) is 0.119. The van der Waals surface area contributed by atoms with Crippen LogP contribution in [0, 0.1) is 0 Å². The fraction of sp³-hybridized carbons (Fsp3) is 0.923. The van der Waals surface area contributed by atoms with Crippen molar-refractivity contribution in [3.8, 4) is 0 Å². The smallest absolute Gasteiger partial charge is 0.237 e. The Morgan fingerprint density at radius 3 is 2.65 bits per heavy atom. The van der Waals surface area contributed by atoms with Crippen LogP contribution in [0.3, 0.4) is 0 Å². The van der Waals surface area contributed by atoms with Crippen LogP contribution in [0.4, 0.5) is 0 Å². The first-order valence-corrected chi connectivity index (χ1v) is 6.91. The number of carbonyl (C=O) groups excluding carboxylic acids is 1. The van der Waals surface area contributed by atoms with Crippen molar-refractivity contribution in [1.29, 1.82) is 0 Å². The predicted octanol–water partition coefficient (Wildman–Crippen LogP) is 1.20. The van der Waals surface area contributed by atoms with Gasteiger partial charge in [-0.25, -0.2) is 0 Å². The molecule has 2 fully saturated rings. The van der Waals surface area contributed by atoms with Gasteiger partial charge in [0.05, 0.1) is 18.8 Å². The zero-order chi connectivity index (χ0) is 12.1. The number of ether oxygens (including phenoxy) is 1. The summed E-state index contributed by atoms with van der Waals surface area (Å²) in [4.78, 5) is 11.6. The fourth-order valence-electron chi connectivity index (χ4n) is 2.20. The lowest BCUT2D eigenvalue weighted by molar-refractivity contribution is -0.122. The van der Waals surface area contributed by atoms with Gasteiger partial charge in [-0.3, -0.25) is 4.79 Å². The van der Waals surface area contributed by atoms with Gasteiger partial charge in [0, 0.05) is 12.6 Å². The van der Waals surface area contributed by atoms with Crippen molar-refractivity contribution in [1.82, 2.24) is 10.6 Å². The fourth-order valence-corrected chi connectivity index (χ4v) is 2.20. The Morgan fingerprint density at radius 1 is 1.29 bits per heavy atom. The Kier molecular flexibility index (Phi) is 4.80. The summed E-state index contributed by atoms with van der Waals surface area (Å²) < 4.78 is 5.73. The van der Waals surface area contributed by atoms with Gasteiger partial charge in [-0.15, -0.1) is 0 Å². The SMILES string of the molecule is CC(NCCOC1CCCC1)C(=O)NC1CC1. The van der Waals surface area contributed by atoms with Gasteiger partial charge in [-0.2, -0.15) is 0 Å². The molecule has 1 amide bonds. The molecule has 0 heterocycles. The minimum atomic E-state index is -0.109. The Morgan fingerprint density at radius 2 is 2.00 bits per heavy atom. The van der Waals surface area contributed by atoms with Crippen LogP contribution in [0.2, 0.25) is 0 Å². The summed E-state index contributed by atoms with van der Waals surface area (Å²) in [5.41, 5.74) is 0. The van der Waals surface area contributed by atoms with E-state index >= 15 is 0 Å². The van der Waals surface area contributed by atoms with Gasteiger partial charge in [0.15, 0.2) is 0 Å². The molecular formula is C13H24N2O2. The van der Waals surface area contributed by atoms with Crippen LogP contribution in [0.1, 0.15) is 45.4 Å². The summed E-state index contributed by atoms with van der Waals surface area (Å²) >= 11 is 0. The van der Waals surface area contributed by atoms with Gasteiger partial charge in [-0.1, -0.05) is 12.8 Å². The molecule has 0 spiro atoms. The number of rotatable bonds is 7. The van der Waals surface area contributed by atoms with Gasteiger partial charge < -0.3 is 15.4 Å². The molecule has 2 aliphatic rings. The molecule has 17 heavy (non-hydrogen) atoms. The normalized spacial score (nSPS) is 22.6. The molecule has 2 N–H and O–H groups in total. The molecule has 4 nitrogen and oxygen atoms in total. The zero-order valence-corrected chi connectivity index (χ0v) is 10.7. The maximum absolute atomic E-state index is 11.6. The number of amides is 1. The summed E-state index contributed by atoms with van der Waals surface area (Å²) in [5, 5.41) is 6.20. The highest BCUT2D eigenvalue weighted by molar-refractivity contribution is 5.81. The predicted molar refractivity (Wildman–Crippen MR) is 66.8 cm³/mol. The van der Waals surface area contributed by atoms with Crippen molar-refractivity contribution in [3.05, 3.63) is 0 Å². The van der Waals surface area contributed by atoms with Crippen molar-refractivity contribution in [2.45, 2.75) is 63.6 Å². The molecule has 98 valence electrons. The van der Waals surface area contributed by atoms with E-state index in [2.05, 4.69) is 10.6 Å². The second kappa shape index (κ2) is 6.36. The highest BCUT2D eigenvalue weighted by atomic mass is 16.5. The van der Waals surface area contributed by atoms with Gasteiger partial charge in [0.2, 0.25) is 5.91 Å². The molecule has 0 aliphatic heterocycles. The molecule has 0 aromatic carbocycles. The maximum atomic E-state index is 11.6. The standard InChI is InChI=1S/C13H24N2O2/c1-10(13(16)15-11-6-7-11)14-8-9-17-12-4-2-3-5-12/h10-12,14H,2-9H2,1H3,(H,15,16). The number of hydrogen-bond acceptors (Lipinski definition) is 3. The average Bonchev–Trinajstić information content (AvgIpc) is 2.97. The third-order valence-corrected chi connectivity index (χ3v) is 3.53. The van der Waals surface area contributed by atoms with Crippen LogP contribution in [0.5, 0.6) is 0 Å². The summed E-state index contributed by atoms with van der Waals surface area (Å²) in [6.45, 7) is 3.38.